The van der Waals surface area contributed by atoms with Gasteiger partial charge in [0.1, 0.15) is 6.10 Å². The fourth-order valence-electron chi connectivity index (χ4n) is 2.40. The molecule has 2 amide bonds. The number of rotatable bonds is 6. The number of aliphatic hydroxyl groups excluding tert-OH is 1. The summed E-state index contributed by atoms with van der Waals surface area (Å²) in [6, 6.07) is 0. The number of carboxylic acid groups (broad SMARTS) is 1. The molecule has 8 nitrogen and oxygen atoms in total. The molecule has 0 spiro atoms. The predicted octanol–water partition coefficient (Wildman–Crippen LogP) is -0.283. The van der Waals surface area contributed by atoms with Gasteiger partial charge in [0.25, 0.3) is 12.4 Å². The van der Waals surface area contributed by atoms with Gasteiger partial charge in [0.15, 0.2) is 0 Å². The molecule has 0 radical (unpaired) electrons. The van der Waals surface area contributed by atoms with Gasteiger partial charge in [0, 0.05) is 39.1 Å². The Morgan fingerprint density at radius 1 is 1.29 bits per heavy atom. The molecule has 0 aliphatic carbocycles. The molecule has 8 heteroatoms. The van der Waals surface area contributed by atoms with Crippen molar-refractivity contribution in [2.45, 2.75) is 32.8 Å². The van der Waals surface area contributed by atoms with Crippen molar-refractivity contribution >= 4 is 18.3 Å². The molecule has 1 heterocycles. The van der Waals surface area contributed by atoms with Gasteiger partial charge in [-0.1, -0.05) is 13.8 Å². The first-order valence-corrected chi connectivity index (χ1v) is 8.20. The third-order valence-corrected chi connectivity index (χ3v) is 3.70. The summed E-state index contributed by atoms with van der Waals surface area (Å²) in [6.45, 7) is 6.67. The Bertz CT molecular complexity index is 401. The maximum Gasteiger partial charge on any atom is 0.290 e. The highest BCUT2D eigenvalue weighted by Gasteiger charge is 2.27. The molecule has 1 fully saturated rings. The second kappa shape index (κ2) is 11.8. The summed E-state index contributed by atoms with van der Waals surface area (Å²) in [7, 11) is 3.95. The quantitative estimate of drug-likeness (QED) is 0.642. The largest absolute Gasteiger partial charge is 0.483 e. The van der Waals surface area contributed by atoms with Crippen molar-refractivity contribution < 1.29 is 24.6 Å². The van der Waals surface area contributed by atoms with Crippen LogP contribution in [-0.4, -0.2) is 96.1 Å². The smallest absolute Gasteiger partial charge is 0.290 e. The number of amides is 2. The molecule has 1 rings (SSSR count). The van der Waals surface area contributed by atoms with Crippen molar-refractivity contribution in [3.8, 4) is 0 Å². The molecule has 0 aromatic rings. The minimum atomic E-state index is -0.951. The van der Waals surface area contributed by atoms with E-state index in [1.54, 1.807) is 4.90 Å². The molecule has 0 saturated carbocycles. The van der Waals surface area contributed by atoms with Crippen LogP contribution in [0.3, 0.4) is 0 Å². The second-order valence-electron chi connectivity index (χ2n) is 6.51. The third-order valence-electron chi connectivity index (χ3n) is 3.70. The van der Waals surface area contributed by atoms with Crippen molar-refractivity contribution in [1.29, 1.82) is 0 Å². The molecule has 140 valence electrons. The van der Waals surface area contributed by atoms with E-state index in [0.717, 1.165) is 6.54 Å². The van der Waals surface area contributed by atoms with Crippen LogP contribution in [0.25, 0.3) is 0 Å². The summed E-state index contributed by atoms with van der Waals surface area (Å²) in [5, 5.41) is 16.8. The minimum Gasteiger partial charge on any atom is -0.483 e. The van der Waals surface area contributed by atoms with Crippen LogP contribution in [0.4, 0.5) is 0 Å². The molecule has 0 aromatic carbocycles. The summed E-state index contributed by atoms with van der Waals surface area (Å²) < 4.78 is 0. The summed E-state index contributed by atoms with van der Waals surface area (Å²) in [4.78, 5) is 38.1. The van der Waals surface area contributed by atoms with Crippen molar-refractivity contribution in [3.05, 3.63) is 0 Å². The zero-order valence-electron chi connectivity index (χ0n) is 15.1. The number of hydrogen-bond donors (Lipinski definition) is 2. The normalized spacial score (nSPS) is 16.5. The molecule has 0 aromatic heterocycles. The highest BCUT2D eigenvalue weighted by Crippen LogP contribution is 2.11. The van der Waals surface area contributed by atoms with Crippen LogP contribution in [0.1, 0.15) is 26.7 Å². The van der Waals surface area contributed by atoms with E-state index in [0.29, 0.717) is 39.0 Å². The lowest BCUT2D eigenvalue weighted by molar-refractivity contribution is -0.140. The zero-order valence-corrected chi connectivity index (χ0v) is 15.1. The van der Waals surface area contributed by atoms with Gasteiger partial charge < -0.3 is 24.9 Å². The van der Waals surface area contributed by atoms with Gasteiger partial charge in [-0.05, 0) is 26.4 Å². The number of hydrogen-bond acceptors (Lipinski definition) is 5. The SMILES string of the molecule is CC(C)CC(O)C(=O)N1CCC(=O)N(CCN(C)C)CC1.O=CO. The minimum absolute atomic E-state index is 0.0884. The van der Waals surface area contributed by atoms with Gasteiger partial charge in [-0.15, -0.1) is 0 Å². The van der Waals surface area contributed by atoms with E-state index < -0.39 is 6.10 Å². The Balaban J connectivity index is 0.00000163. The van der Waals surface area contributed by atoms with Crippen molar-refractivity contribution in [3.63, 3.8) is 0 Å². The highest BCUT2D eigenvalue weighted by molar-refractivity contribution is 5.82. The van der Waals surface area contributed by atoms with Crippen LogP contribution in [0.5, 0.6) is 0 Å². The van der Waals surface area contributed by atoms with E-state index in [1.165, 1.54) is 0 Å². The lowest BCUT2D eigenvalue weighted by Gasteiger charge is -2.25. The zero-order chi connectivity index (χ0) is 18.7. The Labute approximate surface area is 144 Å². The van der Waals surface area contributed by atoms with Crippen LogP contribution in [0.15, 0.2) is 0 Å². The first-order chi connectivity index (χ1) is 11.2. The molecule has 1 unspecified atom stereocenters. The maximum atomic E-state index is 12.2. The summed E-state index contributed by atoms with van der Waals surface area (Å²) in [5.74, 6) is 0.116. The Morgan fingerprint density at radius 2 is 1.88 bits per heavy atom. The van der Waals surface area contributed by atoms with Gasteiger partial charge in [-0.2, -0.15) is 0 Å². The summed E-state index contributed by atoms with van der Waals surface area (Å²) >= 11 is 0. The first kappa shape index (κ1) is 22.3. The standard InChI is InChI=1S/C15H29N3O3.CH2O2/c1-12(2)11-13(19)15(21)18-6-5-14(20)17(9-10-18)8-7-16(3)4;2-1-3/h12-13,19H,5-11H2,1-4H3;1H,(H,2,3). The molecule has 1 atom stereocenters. The third kappa shape index (κ3) is 8.83. The van der Waals surface area contributed by atoms with Gasteiger partial charge >= 0.3 is 0 Å². The Kier molecular flexibility index (Phi) is 11.0. The molecular weight excluding hydrogens is 314 g/mol. The van der Waals surface area contributed by atoms with Crippen LogP contribution < -0.4 is 0 Å². The fraction of sp³-hybridized carbons (Fsp3) is 0.812. The van der Waals surface area contributed by atoms with Crippen LogP contribution in [-0.2, 0) is 14.4 Å². The van der Waals surface area contributed by atoms with Crippen molar-refractivity contribution in [2.75, 3.05) is 46.8 Å². The molecule has 1 saturated heterocycles. The lowest BCUT2D eigenvalue weighted by Crippen LogP contribution is -2.42. The van der Waals surface area contributed by atoms with E-state index in [4.69, 9.17) is 9.90 Å². The lowest BCUT2D eigenvalue weighted by atomic mass is 10.1. The topological polar surface area (TPSA) is 101 Å². The van der Waals surface area contributed by atoms with Gasteiger partial charge in [0.05, 0.1) is 0 Å². The Hall–Kier alpha value is -1.67. The molecular formula is C16H31N3O5. The Morgan fingerprint density at radius 3 is 2.38 bits per heavy atom. The monoisotopic (exact) mass is 345 g/mol. The van der Waals surface area contributed by atoms with E-state index in [-0.39, 0.29) is 24.2 Å². The summed E-state index contributed by atoms with van der Waals surface area (Å²) in [5.41, 5.74) is 0. The summed E-state index contributed by atoms with van der Waals surface area (Å²) in [6.07, 6.45) is -0.144. The average Bonchev–Trinajstić information content (AvgIpc) is 2.66. The fourth-order valence-corrected chi connectivity index (χ4v) is 2.40. The van der Waals surface area contributed by atoms with Crippen LogP contribution in [0.2, 0.25) is 0 Å². The number of nitrogens with zero attached hydrogens (tertiary/aromatic N) is 3. The van der Waals surface area contributed by atoms with Crippen LogP contribution >= 0.6 is 0 Å². The first-order valence-electron chi connectivity index (χ1n) is 8.20. The van der Waals surface area contributed by atoms with Gasteiger partial charge in [-0.25, -0.2) is 0 Å². The molecule has 1 aliphatic heterocycles. The van der Waals surface area contributed by atoms with Crippen molar-refractivity contribution in [2.24, 2.45) is 5.92 Å². The van der Waals surface area contributed by atoms with Crippen LogP contribution in [0, 0.1) is 5.92 Å². The molecule has 1 aliphatic rings. The van der Waals surface area contributed by atoms with E-state index >= 15 is 0 Å². The maximum absolute atomic E-state index is 12.2. The molecule has 0 bridgehead atoms. The highest BCUT2D eigenvalue weighted by atomic mass is 16.3. The average molecular weight is 345 g/mol. The van der Waals surface area contributed by atoms with Gasteiger partial charge in [0.2, 0.25) is 5.91 Å². The number of carbonyl (C=O) groups excluding carboxylic acids is 2. The predicted molar refractivity (Wildman–Crippen MR) is 90.5 cm³/mol. The van der Waals surface area contributed by atoms with E-state index in [2.05, 4.69) is 0 Å². The molecule has 2 N–H and O–H groups in total. The van der Waals surface area contributed by atoms with E-state index in [9.17, 15) is 14.7 Å². The van der Waals surface area contributed by atoms with Crippen molar-refractivity contribution in [1.82, 2.24) is 14.7 Å². The van der Waals surface area contributed by atoms with Gasteiger partial charge in [-0.3, -0.25) is 14.4 Å². The van der Waals surface area contributed by atoms with E-state index in [1.807, 2.05) is 37.7 Å². The number of aliphatic hydroxyl groups is 1. The molecule has 24 heavy (non-hydrogen) atoms. The number of carbonyl (C=O) groups is 3. The second-order valence-corrected chi connectivity index (χ2v) is 6.51. The number of likely N-dealkylation sites (N-methyl/N-ethyl adjacent to an activating group) is 1.